The Morgan fingerprint density at radius 3 is 2.51 bits per heavy atom. The van der Waals surface area contributed by atoms with Crippen LogP contribution in [0.15, 0.2) is 36.7 Å². The van der Waals surface area contributed by atoms with Gasteiger partial charge in [-0.2, -0.15) is 13.2 Å². The SMILES string of the molecule is O=C(O)COc1ccc(CC(=O)NC[C@H]2OC[C@@H](Nc3cncc(C(F)(F)F)n3)[C@@H](O)[C@H]2O)cc1. The van der Waals surface area contributed by atoms with E-state index in [1.807, 2.05) is 0 Å². The Hall–Kier alpha value is -3.49. The highest BCUT2D eigenvalue weighted by Gasteiger charge is 2.39. The fraction of sp³-hybridized carbons (Fsp3) is 0.429. The highest BCUT2D eigenvalue weighted by molar-refractivity contribution is 5.78. The molecule has 190 valence electrons. The predicted octanol–water partition coefficient (Wildman–Crippen LogP) is 0.219. The molecule has 14 heteroatoms. The number of ether oxygens (including phenoxy) is 2. The van der Waals surface area contributed by atoms with Crippen molar-refractivity contribution >= 4 is 17.7 Å². The molecule has 1 amide bonds. The molecule has 3 rings (SSSR count). The number of nitrogens with one attached hydrogen (secondary N) is 2. The highest BCUT2D eigenvalue weighted by atomic mass is 19.4. The number of nitrogens with zero attached hydrogens (tertiary/aromatic N) is 2. The summed E-state index contributed by atoms with van der Waals surface area (Å²) in [4.78, 5) is 29.6. The van der Waals surface area contributed by atoms with E-state index in [0.717, 1.165) is 6.20 Å². The summed E-state index contributed by atoms with van der Waals surface area (Å²) in [6, 6.07) is 5.28. The molecule has 1 aromatic carbocycles. The minimum absolute atomic E-state index is 0.0109. The molecule has 0 spiro atoms. The van der Waals surface area contributed by atoms with Gasteiger partial charge in [-0.3, -0.25) is 9.78 Å². The van der Waals surface area contributed by atoms with Gasteiger partial charge in [0.15, 0.2) is 12.3 Å². The van der Waals surface area contributed by atoms with Crippen molar-refractivity contribution in [3.8, 4) is 5.75 Å². The summed E-state index contributed by atoms with van der Waals surface area (Å²) in [6.45, 7) is -0.777. The molecule has 0 bridgehead atoms. The van der Waals surface area contributed by atoms with Crippen LogP contribution in [0.3, 0.4) is 0 Å². The Morgan fingerprint density at radius 2 is 1.86 bits per heavy atom. The van der Waals surface area contributed by atoms with E-state index in [0.29, 0.717) is 17.5 Å². The number of hydrogen-bond donors (Lipinski definition) is 5. The maximum Gasteiger partial charge on any atom is 0.434 e. The van der Waals surface area contributed by atoms with Crippen LogP contribution in [0, 0.1) is 0 Å². The third-order valence-corrected chi connectivity index (χ3v) is 5.04. The lowest BCUT2D eigenvalue weighted by Crippen LogP contribution is -2.58. The molecule has 0 aliphatic carbocycles. The average molecular weight is 500 g/mol. The van der Waals surface area contributed by atoms with Crippen LogP contribution >= 0.6 is 0 Å². The van der Waals surface area contributed by atoms with E-state index in [1.165, 1.54) is 12.1 Å². The number of carboxylic acid groups (broad SMARTS) is 1. The average Bonchev–Trinajstić information content (AvgIpc) is 2.81. The van der Waals surface area contributed by atoms with Crippen molar-refractivity contribution in [2.45, 2.75) is 37.0 Å². The van der Waals surface area contributed by atoms with Gasteiger partial charge in [0, 0.05) is 6.54 Å². The summed E-state index contributed by atoms with van der Waals surface area (Å²) >= 11 is 0. The topological polar surface area (TPSA) is 163 Å². The zero-order chi connectivity index (χ0) is 25.6. The number of aromatic nitrogens is 2. The van der Waals surface area contributed by atoms with E-state index in [4.69, 9.17) is 14.6 Å². The molecule has 2 aromatic rings. The molecule has 0 saturated carbocycles. The second kappa shape index (κ2) is 11.3. The van der Waals surface area contributed by atoms with Gasteiger partial charge in [-0.1, -0.05) is 12.1 Å². The highest BCUT2D eigenvalue weighted by Crippen LogP contribution is 2.28. The van der Waals surface area contributed by atoms with Gasteiger partial charge in [0.05, 0.1) is 31.5 Å². The fourth-order valence-electron chi connectivity index (χ4n) is 3.26. The van der Waals surface area contributed by atoms with Crippen molar-refractivity contribution in [2.75, 3.05) is 25.1 Å². The standard InChI is InChI=1S/C21H23F3N4O7/c22-21(23,24)15-7-25-8-16(28-15)27-13-9-35-14(20(33)19(13)32)6-26-17(29)5-11-1-3-12(4-2-11)34-10-18(30)31/h1-4,7-8,13-14,19-20,32-33H,5-6,9-10H2,(H,26,29)(H,27,28)(H,30,31)/t13-,14-,19-,20+/m1/s1. The molecule has 35 heavy (non-hydrogen) atoms. The zero-order valence-corrected chi connectivity index (χ0v) is 18.1. The lowest BCUT2D eigenvalue weighted by molar-refractivity contribution is -0.143. The Labute approximate surface area is 196 Å². The van der Waals surface area contributed by atoms with Gasteiger partial charge in [0.25, 0.3) is 0 Å². The molecule has 0 radical (unpaired) electrons. The third-order valence-electron chi connectivity index (χ3n) is 5.04. The molecular weight excluding hydrogens is 477 g/mol. The van der Waals surface area contributed by atoms with Gasteiger partial charge in [0.2, 0.25) is 5.91 Å². The first-order chi connectivity index (χ1) is 16.5. The van der Waals surface area contributed by atoms with Crippen molar-refractivity contribution in [2.24, 2.45) is 0 Å². The number of halogens is 3. The van der Waals surface area contributed by atoms with Gasteiger partial charge >= 0.3 is 12.1 Å². The van der Waals surface area contributed by atoms with E-state index in [1.54, 1.807) is 12.1 Å². The molecule has 11 nitrogen and oxygen atoms in total. The monoisotopic (exact) mass is 500 g/mol. The predicted molar refractivity (Wildman–Crippen MR) is 112 cm³/mol. The van der Waals surface area contributed by atoms with Crippen LogP contribution in [0.1, 0.15) is 11.3 Å². The van der Waals surface area contributed by atoms with E-state index < -0.39 is 54.7 Å². The number of aliphatic hydroxyl groups is 2. The molecule has 5 N–H and O–H groups in total. The van der Waals surface area contributed by atoms with Gasteiger partial charge in [0.1, 0.15) is 29.9 Å². The third kappa shape index (κ3) is 7.50. The van der Waals surface area contributed by atoms with E-state index >= 15 is 0 Å². The van der Waals surface area contributed by atoms with Crippen LogP contribution in [-0.2, 0) is 26.9 Å². The number of alkyl halides is 3. The second-order valence-corrected chi connectivity index (χ2v) is 7.70. The summed E-state index contributed by atoms with van der Waals surface area (Å²) in [6.07, 6.45) is -6.90. The Kier molecular flexibility index (Phi) is 8.43. The lowest BCUT2D eigenvalue weighted by Gasteiger charge is -2.38. The normalized spacial score (nSPS) is 22.3. The number of anilines is 1. The molecule has 4 atom stereocenters. The minimum Gasteiger partial charge on any atom is -0.482 e. The minimum atomic E-state index is -4.69. The van der Waals surface area contributed by atoms with Gasteiger partial charge < -0.3 is 35.4 Å². The molecule has 1 aliphatic heterocycles. The number of rotatable bonds is 9. The molecule has 0 unspecified atom stereocenters. The molecular formula is C21H23F3N4O7. The largest absolute Gasteiger partial charge is 0.482 e. The Balaban J connectivity index is 1.47. The molecule has 2 heterocycles. The van der Waals surface area contributed by atoms with Crippen LogP contribution in [-0.4, -0.2) is 81.3 Å². The zero-order valence-electron chi connectivity index (χ0n) is 18.1. The van der Waals surface area contributed by atoms with Gasteiger partial charge in [-0.05, 0) is 17.7 Å². The number of carboxylic acids is 1. The van der Waals surface area contributed by atoms with Crippen LogP contribution in [0.2, 0.25) is 0 Å². The maximum absolute atomic E-state index is 12.8. The molecule has 1 fully saturated rings. The molecule has 1 aliphatic rings. The molecule has 1 aromatic heterocycles. The Bertz CT molecular complexity index is 1020. The van der Waals surface area contributed by atoms with Gasteiger partial charge in [-0.15, -0.1) is 0 Å². The van der Waals surface area contributed by atoms with Crippen molar-refractivity contribution in [1.29, 1.82) is 0 Å². The first-order valence-corrected chi connectivity index (χ1v) is 10.4. The number of amides is 1. The summed E-state index contributed by atoms with van der Waals surface area (Å²) in [5.74, 6) is -1.42. The van der Waals surface area contributed by atoms with Crippen molar-refractivity contribution < 1.29 is 47.6 Å². The quantitative estimate of drug-likeness (QED) is 0.322. The first-order valence-electron chi connectivity index (χ1n) is 10.4. The van der Waals surface area contributed by atoms with Crippen molar-refractivity contribution in [3.63, 3.8) is 0 Å². The summed E-state index contributed by atoms with van der Waals surface area (Å²) < 4.78 is 48.9. The number of benzene rings is 1. The fourth-order valence-corrected chi connectivity index (χ4v) is 3.26. The number of aliphatic carboxylic acids is 1. The number of carbonyl (C=O) groups is 2. The molecule has 1 saturated heterocycles. The van der Waals surface area contributed by atoms with Crippen molar-refractivity contribution in [3.05, 3.63) is 47.9 Å². The van der Waals surface area contributed by atoms with E-state index in [2.05, 4.69) is 20.6 Å². The summed E-state index contributed by atoms with van der Waals surface area (Å²) in [5.41, 5.74) is -0.584. The van der Waals surface area contributed by atoms with Crippen LogP contribution in [0.25, 0.3) is 0 Å². The van der Waals surface area contributed by atoms with Crippen molar-refractivity contribution in [1.82, 2.24) is 15.3 Å². The Morgan fingerprint density at radius 1 is 1.14 bits per heavy atom. The number of aliphatic hydroxyl groups excluding tert-OH is 2. The first kappa shape index (κ1) is 26.1. The smallest absolute Gasteiger partial charge is 0.434 e. The number of carbonyl (C=O) groups excluding carboxylic acids is 1. The summed E-state index contributed by atoms with van der Waals surface area (Å²) in [5, 5.41) is 34.5. The van der Waals surface area contributed by atoms with Crippen LogP contribution in [0.5, 0.6) is 5.75 Å². The van der Waals surface area contributed by atoms with E-state index in [9.17, 15) is 33.0 Å². The van der Waals surface area contributed by atoms with Crippen LogP contribution < -0.4 is 15.4 Å². The maximum atomic E-state index is 12.8. The summed E-state index contributed by atoms with van der Waals surface area (Å²) in [7, 11) is 0. The second-order valence-electron chi connectivity index (χ2n) is 7.70. The van der Waals surface area contributed by atoms with E-state index in [-0.39, 0.29) is 25.4 Å². The van der Waals surface area contributed by atoms with Crippen LogP contribution in [0.4, 0.5) is 19.0 Å². The van der Waals surface area contributed by atoms with Gasteiger partial charge in [-0.25, -0.2) is 9.78 Å². The number of hydrogen-bond acceptors (Lipinski definition) is 9. The lowest BCUT2D eigenvalue weighted by atomic mass is 9.98.